The molecule has 1 saturated heterocycles. The van der Waals surface area contributed by atoms with Crippen molar-refractivity contribution >= 4 is 5.97 Å². The first-order valence-electron chi connectivity index (χ1n) is 8.76. The van der Waals surface area contributed by atoms with Crippen molar-refractivity contribution in [2.45, 2.75) is 70.5 Å². The molecule has 3 nitrogen and oxygen atoms in total. The Morgan fingerprint density at radius 3 is 2.65 bits per heavy atom. The highest BCUT2D eigenvalue weighted by molar-refractivity contribution is 5.66. The van der Waals surface area contributed by atoms with Gasteiger partial charge in [-0.15, -0.1) is 0 Å². The van der Waals surface area contributed by atoms with Gasteiger partial charge in [-0.05, 0) is 25.7 Å². The Kier molecular flexibility index (Phi) is 10.9. The van der Waals surface area contributed by atoms with Crippen LogP contribution in [-0.4, -0.2) is 23.3 Å². The van der Waals surface area contributed by atoms with Crippen molar-refractivity contribution in [2.24, 2.45) is 0 Å². The number of aliphatic carboxylic acids is 1. The number of hydrogen-bond donors (Lipinski definition) is 1. The lowest BCUT2D eigenvalue weighted by molar-refractivity contribution is -0.137. The number of epoxide rings is 1. The maximum absolute atomic E-state index is 10.3. The van der Waals surface area contributed by atoms with Gasteiger partial charge in [-0.1, -0.05) is 74.8 Å². The number of hydrogen-bond acceptors (Lipinski definition) is 2. The number of unbranched alkanes of at least 4 members (excludes halogenated alkanes) is 3. The molecule has 1 heterocycles. The van der Waals surface area contributed by atoms with Crippen molar-refractivity contribution in [3.05, 3.63) is 48.6 Å². The smallest absolute Gasteiger partial charge is 0.303 e. The number of rotatable bonds is 13. The summed E-state index contributed by atoms with van der Waals surface area (Å²) >= 11 is 0. The molecule has 1 fully saturated rings. The minimum Gasteiger partial charge on any atom is -0.481 e. The lowest BCUT2D eigenvalue weighted by atomic mass is 10.1. The van der Waals surface area contributed by atoms with Crippen molar-refractivity contribution in [3.8, 4) is 0 Å². The van der Waals surface area contributed by atoms with Crippen LogP contribution in [0.15, 0.2) is 48.6 Å². The first kappa shape index (κ1) is 19.4. The van der Waals surface area contributed by atoms with Crippen LogP contribution in [0.4, 0.5) is 0 Å². The largest absolute Gasteiger partial charge is 0.481 e. The van der Waals surface area contributed by atoms with Crippen LogP contribution in [-0.2, 0) is 9.53 Å². The van der Waals surface area contributed by atoms with Gasteiger partial charge in [0.25, 0.3) is 0 Å². The number of carbonyl (C=O) groups is 1. The lowest BCUT2D eigenvalue weighted by Gasteiger charge is -1.92. The maximum atomic E-state index is 10.3. The Hall–Kier alpha value is -1.61. The van der Waals surface area contributed by atoms with E-state index in [0.717, 1.165) is 12.8 Å². The SMILES string of the molecule is CCCCCC1OC1/C=C/C=C/C=C\C/C=C\CCCC(=O)O. The summed E-state index contributed by atoms with van der Waals surface area (Å²) in [6.45, 7) is 2.22. The average Bonchev–Trinajstić information content (AvgIpc) is 3.27. The van der Waals surface area contributed by atoms with Crippen molar-refractivity contribution < 1.29 is 14.6 Å². The second-order valence-electron chi connectivity index (χ2n) is 5.83. The minimum absolute atomic E-state index is 0.249. The van der Waals surface area contributed by atoms with Gasteiger partial charge >= 0.3 is 5.97 Å². The first-order chi connectivity index (χ1) is 11.2. The number of carboxylic acids is 1. The third kappa shape index (κ3) is 11.6. The summed E-state index contributed by atoms with van der Waals surface area (Å²) in [5.41, 5.74) is 0. The fourth-order valence-electron chi connectivity index (χ4n) is 2.28. The van der Waals surface area contributed by atoms with Crippen molar-refractivity contribution in [3.63, 3.8) is 0 Å². The van der Waals surface area contributed by atoms with Crippen LogP contribution in [0.3, 0.4) is 0 Å². The molecule has 0 saturated carbocycles. The van der Waals surface area contributed by atoms with Gasteiger partial charge in [0.05, 0.1) is 6.10 Å². The molecule has 0 aliphatic carbocycles. The first-order valence-corrected chi connectivity index (χ1v) is 8.76. The van der Waals surface area contributed by atoms with E-state index < -0.39 is 5.97 Å². The normalized spacial score (nSPS) is 21.3. The Labute approximate surface area is 140 Å². The molecule has 2 atom stereocenters. The van der Waals surface area contributed by atoms with Crippen LogP contribution in [0.25, 0.3) is 0 Å². The van der Waals surface area contributed by atoms with Crippen LogP contribution < -0.4 is 0 Å². The summed E-state index contributed by atoms with van der Waals surface area (Å²) in [6, 6.07) is 0. The molecule has 0 radical (unpaired) electrons. The van der Waals surface area contributed by atoms with E-state index in [9.17, 15) is 4.79 Å². The van der Waals surface area contributed by atoms with E-state index in [-0.39, 0.29) is 6.42 Å². The van der Waals surface area contributed by atoms with Crippen molar-refractivity contribution in [1.82, 2.24) is 0 Å². The van der Waals surface area contributed by atoms with Gasteiger partial charge in [0.15, 0.2) is 0 Å². The summed E-state index contributed by atoms with van der Waals surface area (Å²) in [4.78, 5) is 10.3. The standard InChI is InChI=1S/C20H30O3/c1-2-3-12-15-18-19(23-18)16-13-10-8-6-4-5-7-9-11-14-17-20(21)22/h4,6-10,13,16,18-19H,2-3,5,11-12,14-15,17H2,1H3,(H,21,22)/b6-4-,9-7-,10-8+,16-13+. The number of carboxylic acid groups (broad SMARTS) is 1. The van der Waals surface area contributed by atoms with E-state index in [1.807, 2.05) is 24.3 Å². The summed E-state index contributed by atoms with van der Waals surface area (Å²) in [5, 5.41) is 8.50. The molecule has 0 spiro atoms. The zero-order chi connectivity index (χ0) is 16.8. The number of allylic oxidation sites excluding steroid dienone is 7. The topological polar surface area (TPSA) is 49.8 Å². The highest BCUT2D eigenvalue weighted by Gasteiger charge is 2.35. The molecule has 0 amide bonds. The van der Waals surface area contributed by atoms with Gasteiger partial charge in [0, 0.05) is 6.42 Å². The van der Waals surface area contributed by atoms with Crippen LogP contribution >= 0.6 is 0 Å². The molecular weight excluding hydrogens is 288 g/mol. The predicted octanol–water partition coefficient (Wildman–Crippen LogP) is 5.20. The highest BCUT2D eigenvalue weighted by Crippen LogP contribution is 2.28. The Bertz CT molecular complexity index is 432. The highest BCUT2D eigenvalue weighted by atomic mass is 16.6. The molecule has 0 aromatic heterocycles. The monoisotopic (exact) mass is 318 g/mol. The Morgan fingerprint density at radius 1 is 1.04 bits per heavy atom. The summed E-state index contributed by atoms with van der Waals surface area (Å²) in [7, 11) is 0. The van der Waals surface area contributed by atoms with Gasteiger partial charge in [-0.3, -0.25) is 4.79 Å². The van der Waals surface area contributed by atoms with Gasteiger partial charge in [0.2, 0.25) is 0 Å². The van der Waals surface area contributed by atoms with E-state index in [4.69, 9.17) is 9.84 Å². The molecule has 0 bridgehead atoms. The molecule has 1 rings (SSSR count). The van der Waals surface area contributed by atoms with E-state index in [1.165, 1.54) is 25.7 Å². The van der Waals surface area contributed by atoms with E-state index in [0.29, 0.717) is 18.6 Å². The third-order valence-electron chi connectivity index (χ3n) is 3.68. The summed E-state index contributed by atoms with van der Waals surface area (Å²) in [6.07, 6.45) is 24.9. The van der Waals surface area contributed by atoms with Gasteiger partial charge in [-0.2, -0.15) is 0 Å². The molecule has 1 aliphatic heterocycles. The molecule has 1 N–H and O–H groups in total. The van der Waals surface area contributed by atoms with Crippen LogP contribution in [0.5, 0.6) is 0 Å². The van der Waals surface area contributed by atoms with E-state index in [1.54, 1.807) is 0 Å². The molecule has 1 aliphatic rings. The predicted molar refractivity (Wildman–Crippen MR) is 95.5 cm³/mol. The Balaban J connectivity index is 1.98. The van der Waals surface area contributed by atoms with Crippen LogP contribution in [0.1, 0.15) is 58.3 Å². The second kappa shape index (κ2) is 12.9. The fraction of sp³-hybridized carbons (Fsp3) is 0.550. The molecule has 3 heteroatoms. The Morgan fingerprint density at radius 2 is 1.87 bits per heavy atom. The maximum Gasteiger partial charge on any atom is 0.303 e. The van der Waals surface area contributed by atoms with E-state index in [2.05, 4.69) is 31.2 Å². The molecule has 23 heavy (non-hydrogen) atoms. The van der Waals surface area contributed by atoms with Gasteiger partial charge in [0.1, 0.15) is 6.10 Å². The summed E-state index contributed by atoms with van der Waals surface area (Å²) < 4.78 is 5.59. The molecule has 128 valence electrons. The zero-order valence-corrected chi connectivity index (χ0v) is 14.2. The fourth-order valence-corrected chi connectivity index (χ4v) is 2.28. The minimum atomic E-state index is -0.722. The van der Waals surface area contributed by atoms with Crippen molar-refractivity contribution in [2.75, 3.05) is 0 Å². The second-order valence-corrected chi connectivity index (χ2v) is 5.83. The zero-order valence-electron chi connectivity index (χ0n) is 14.2. The van der Waals surface area contributed by atoms with Gasteiger partial charge < -0.3 is 9.84 Å². The molecule has 2 unspecified atom stereocenters. The third-order valence-corrected chi connectivity index (χ3v) is 3.68. The van der Waals surface area contributed by atoms with Crippen LogP contribution in [0, 0.1) is 0 Å². The average molecular weight is 318 g/mol. The number of ether oxygens (including phenoxy) is 1. The summed E-state index contributed by atoms with van der Waals surface area (Å²) in [5.74, 6) is -0.722. The quantitative estimate of drug-likeness (QED) is 0.220. The molecule has 0 aromatic rings. The molecular formula is C20H30O3. The molecule has 0 aromatic carbocycles. The van der Waals surface area contributed by atoms with E-state index >= 15 is 0 Å². The van der Waals surface area contributed by atoms with Crippen molar-refractivity contribution in [1.29, 1.82) is 0 Å². The van der Waals surface area contributed by atoms with Gasteiger partial charge in [-0.25, -0.2) is 0 Å². The van der Waals surface area contributed by atoms with Crippen LogP contribution in [0.2, 0.25) is 0 Å². The lowest BCUT2D eigenvalue weighted by Crippen LogP contribution is -1.92.